The number of carbonyl (C=O) groups excluding carboxylic acids is 1. The number of hydrogen-bond donors (Lipinski definition) is 1. The van der Waals surface area contributed by atoms with Gasteiger partial charge < -0.3 is 15.0 Å². The third-order valence-corrected chi connectivity index (χ3v) is 2.60. The number of nitrogens with zero attached hydrogens (tertiary/aromatic N) is 2. The van der Waals surface area contributed by atoms with Crippen LogP contribution in [0.15, 0.2) is 24.5 Å². The molecule has 5 nitrogen and oxygen atoms in total. The number of nitrogens with two attached hydrogens (primary N) is 1. The first-order valence-corrected chi connectivity index (χ1v) is 5.94. The van der Waals surface area contributed by atoms with E-state index in [0.717, 1.165) is 16.6 Å². The molecule has 0 saturated heterocycles. The van der Waals surface area contributed by atoms with Crippen LogP contribution in [0.25, 0.3) is 11.0 Å². The highest BCUT2D eigenvalue weighted by atomic mass is 16.5. The van der Waals surface area contributed by atoms with Crippen molar-refractivity contribution in [1.82, 2.24) is 9.55 Å². The molecule has 0 amide bonds. The van der Waals surface area contributed by atoms with Gasteiger partial charge in [0.2, 0.25) is 0 Å². The van der Waals surface area contributed by atoms with Crippen LogP contribution in [0.2, 0.25) is 0 Å². The minimum Gasteiger partial charge on any atom is -0.462 e. The van der Waals surface area contributed by atoms with Crippen molar-refractivity contribution in [3.8, 4) is 0 Å². The van der Waals surface area contributed by atoms with E-state index in [2.05, 4.69) is 4.98 Å². The molecule has 0 radical (unpaired) electrons. The van der Waals surface area contributed by atoms with Crippen molar-refractivity contribution < 1.29 is 9.53 Å². The summed E-state index contributed by atoms with van der Waals surface area (Å²) in [6.45, 7) is 4.24. The Morgan fingerprint density at radius 3 is 3.00 bits per heavy atom. The van der Waals surface area contributed by atoms with E-state index in [1.54, 1.807) is 10.8 Å². The molecule has 0 fully saturated rings. The van der Waals surface area contributed by atoms with Gasteiger partial charge in [-0.05, 0) is 31.5 Å². The summed E-state index contributed by atoms with van der Waals surface area (Å²) in [4.78, 5) is 15.9. The molecular weight excluding hydrogens is 230 g/mol. The second-order valence-corrected chi connectivity index (χ2v) is 4.40. The van der Waals surface area contributed by atoms with Crippen LogP contribution in [0.4, 0.5) is 0 Å². The summed E-state index contributed by atoms with van der Waals surface area (Å²) in [7, 11) is 0. The number of esters is 1. The second kappa shape index (κ2) is 5.18. The number of aromatic nitrogens is 2. The lowest BCUT2D eigenvalue weighted by molar-refractivity contribution is -0.148. The number of hydrogen-bond acceptors (Lipinski definition) is 4. The Hall–Kier alpha value is -1.88. The SMILES string of the molecule is CC(C)OC(=O)Cn1cc(CN)c2cccnc21. The van der Waals surface area contributed by atoms with Crippen molar-refractivity contribution in [3.63, 3.8) is 0 Å². The van der Waals surface area contributed by atoms with Gasteiger partial charge in [-0.15, -0.1) is 0 Å². The maximum atomic E-state index is 11.7. The lowest BCUT2D eigenvalue weighted by Crippen LogP contribution is -2.17. The summed E-state index contributed by atoms with van der Waals surface area (Å²) in [5.41, 5.74) is 7.43. The smallest absolute Gasteiger partial charge is 0.326 e. The van der Waals surface area contributed by atoms with Crippen molar-refractivity contribution in [2.45, 2.75) is 33.0 Å². The molecule has 2 rings (SSSR count). The molecule has 0 atom stereocenters. The average molecular weight is 247 g/mol. The first kappa shape index (κ1) is 12.6. The Morgan fingerprint density at radius 1 is 1.56 bits per heavy atom. The van der Waals surface area contributed by atoms with Crippen LogP contribution in [-0.2, 0) is 22.6 Å². The molecule has 0 aliphatic rings. The van der Waals surface area contributed by atoms with Gasteiger partial charge in [-0.1, -0.05) is 0 Å². The summed E-state index contributed by atoms with van der Waals surface area (Å²) >= 11 is 0. The highest BCUT2D eigenvalue weighted by molar-refractivity contribution is 5.82. The molecule has 0 aliphatic heterocycles. The Kier molecular flexibility index (Phi) is 3.62. The Balaban J connectivity index is 2.31. The predicted octanol–water partition coefficient (Wildman–Crippen LogP) is 1.45. The van der Waals surface area contributed by atoms with Crippen molar-refractivity contribution in [1.29, 1.82) is 0 Å². The first-order valence-electron chi connectivity index (χ1n) is 5.94. The van der Waals surface area contributed by atoms with E-state index in [1.165, 1.54) is 0 Å². The summed E-state index contributed by atoms with van der Waals surface area (Å²) < 4.78 is 6.91. The largest absolute Gasteiger partial charge is 0.462 e. The van der Waals surface area contributed by atoms with Gasteiger partial charge in [0.25, 0.3) is 0 Å². The molecule has 2 aromatic heterocycles. The fraction of sp³-hybridized carbons (Fsp3) is 0.385. The molecular formula is C13H17N3O2. The van der Waals surface area contributed by atoms with E-state index >= 15 is 0 Å². The third kappa shape index (κ3) is 2.51. The maximum Gasteiger partial charge on any atom is 0.326 e. The molecule has 0 unspecified atom stereocenters. The van der Waals surface area contributed by atoms with E-state index in [4.69, 9.17) is 10.5 Å². The van der Waals surface area contributed by atoms with Crippen molar-refractivity contribution in [2.75, 3.05) is 0 Å². The number of ether oxygens (including phenoxy) is 1. The topological polar surface area (TPSA) is 70.1 Å². The van der Waals surface area contributed by atoms with E-state index < -0.39 is 0 Å². The lowest BCUT2D eigenvalue weighted by atomic mass is 10.2. The third-order valence-electron chi connectivity index (χ3n) is 2.60. The van der Waals surface area contributed by atoms with E-state index in [9.17, 15) is 4.79 Å². The van der Waals surface area contributed by atoms with Gasteiger partial charge >= 0.3 is 5.97 Å². The zero-order valence-electron chi connectivity index (χ0n) is 10.6. The summed E-state index contributed by atoms with van der Waals surface area (Å²) in [6, 6.07) is 3.81. The van der Waals surface area contributed by atoms with Crippen molar-refractivity contribution in [2.24, 2.45) is 5.73 Å². The monoisotopic (exact) mass is 247 g/mol. The first-order chi connectivity index (χ1) is 8.61. The maximum absolute atomic E-state index is 11.7. The zero-order chi connectivity index (χ0) is 13.1. The van der Waals surface area contributed by atoms with Crippen molar-refractivity contribution >= 4 is 17.0 Å². The van der Waals surface area contributed by atoms with E-state index in [-0.39, 0.29) is 18.6 Å². The summed E-state index contributed by atoms with van der Waals surface area (Å²) in [5, 5.41) is 0.984. The molecule has 2 heterocycles. The second-order valence-electron chi connectivity index (χ2n) is 4.40. The van der Waals surface area contributed by atoms with Crippen LogP contribution in [0, 0.1) is 0 Å². The summed E-state index contributed by atoms with van der Waals surface area (Å²) in [6.07, 6.45) is 3.45. The molecule has 2 N–H and O–H groups in total. The predicted molar refractivity (Wildman–Crippen MR) is 68.9 cm³/mol. The van der Waals surface area contributed by atoms with Crippen LogP contribution in [0.5, 0.6) is 0 Å². The van der Waals surface area contributed by atoms with Crippen LogP contribution in [-0.4, -0.2) is 21.6 Å². The number of fused-ring (bicyclic) bond motifs is 1. The number of carbonyl (C=O) groups is 1. The molecule has 96 valence electrons. The van der Waals surface area contributed by atoms with Gasteiger partial charge in [-0.2, -0.15) is 0 Å². The lowest BCUT2D eigenvalue weighted by Gasteiger charge is -2.08. The van der Waals surface area contributed by atoms with Crippen molar-refractivity contribution in [3.05, 3.63) is 30.1 Å². The van der Waals surface area contributed by atoms with Crippen LogP contribution in [0.1, 0.15) is 19.4 Å². The molecule has 0 aliphatic carbocycles. The van der Waals surface area contributed by atoms with Gasteiger partial charge in [0.1, 0.15) is 12.2 Å². The highest BCUT2D eigenvalue weighted by Crippen LogP contribution is 2.18. The fourth-order valence-electron chi connectivity index (χ4n) is 1.92. The standard InChI is InChI=1S/C13H17N3O2/c1-9(2)18-12(17)8-16-7-10(6-14)11-4-3-5-15-13(11)16/h3-5,7,9H,6,8,14H2,1-2H3. The quantitative estimate of drug-likeness (QED) is 0.830. The minimum atomic E-state index is -0.267. The van der Waals surface area contributed by atoms with E-state index in [0.29, 0.717) is 6.54 Å². The molecule has 2 aromatic rings. The minimum absolute atomic E-state index is 0.110. The molecule has 0 spiro atoms. The Labute approximate surface area is 106 Å². The molecule has 5 heteroatoms. The average Bonchev–Trinajstić information content (AvgIpc) is 2.67. The zero-order valence-corrected chi connectivity index (χ0v) is 10.6. The Bertz CT molecular complexity index is 560. The van der Waals surface area contributed by atoms with Gasteiger partial charge in [0.15, 0.2) is 0 Å². The van der Waals surface area contributed by atoms with Gasteiger partial charge in [-0.3, -0.25) is 4.79 Å². The summed E-state index contributed by atoms with van der Waals surface area (Å²) in [5.74, 6) is -0.267. The number of rotatable bonds is 4. The molecule has 0 saturated carbocycles. The van der Waals surface area contributed by atoms with E-state index in [1.807, 2.05) is 32.2 Å². The highest BCUT2D eigenvalue weighted by Gasteiger charge is 2.12. The van der Waals surface area contributed by atoms with Gasteiger partial charge in [0, 0.05) is 24.3 Å². The van der Waals surface area contributed by atoms with Crippen LogP contribution < -0.4 is 5.73 Å². The normalized spacial score (nSPS) is 11.1. The Morgan fingerprint density at radius 2 is 2.33 bits per heavy atom. The van der Waals surface area contributed by atoms with Gasteiger partial charge in [0.05, 0.1) is 6.10 Å². The fourth-order valence-corrected chi connectivity index (χ4v) is 1.92. The van der Waals surface area contributed by atoms with Crippen LogP contribution >= 0.6 is 0 Å². The molecule has 0 aromatic carbocycles. The van der Waals surface area contributed by atoms with Gasteiger partial charge in [-0.25, -0.2) is 4.98 Å². The van der Waals surface area contributed by atoms with Crippen LogP contribution in [0.3, 0.4) is 0 Å². The molecule has 0 bridgehead atoms. The number of pyridine rings is 1. The molecule has 18 heavy (non-hydrogen) atoms.